The summed E-state index contributed by atoms with van der Waals surface area (Å²) in [6, 6.07) is 4.18. The molecule has 0 amide bonds. The van der Waals surface area contributed by atoms with Crippen LogP contribution in [0.4, 0.5) is 5.82 Å². The fraction of sp³-hybridized carbons (Fsp3) is 0.591. The lowest BCUT2D eigenvalue weighted by Crippen LogP contribution is -2.41. The van der Waals surface area contributed by atoms with Crippen molar-refractivity contribution >= 4 is 22.3 Å². The van der Waals surface area contributed by atoms with E-state index >= 15 is 0 Å². The van der Waals surface area contributed by atoms with Gasteiger partial charge in [-0.3, -0.25) is 14.4 Å². The molecule has 0 aliphatic carbocycles. The molecule has 2 aromatic rings. The van der Waals surface area contributed by atoms with Crippen molar-refractivity contribution in [3.8, 4) is 0 Å². The first-order valence-corrected chi connectivity index (χ1v) is 12.7. The molecule has 0 unspecified atom stereocenters. The van der Waals surface area contributed by atoms with E-state index in [9.17, 15) is 8.42 Å². The molecule has 0 saturated carbocycles. The van der Waals surface area contributed by atoms with Gasteiger partial charge in [-0.1, -0.05) is 6.07 Å². The highest BCUT2D eigenvalue weighted by Crippen LogP contribution is 2.54. The molecule has 11 nitrogen and oxygen atoms in total. The number of nitrogens with zero attached hydrogens (tertiary/aromatic N) is 5. The van der Waals surface area contributed by atoms with Crippen molar-refractivity contribution in [1.29, 1.82) is 0 Å². The molecule has 4 atom stereocenters. The number of anilines is 1. The smallest absolute Gasteiger partial charge is 0.290 e. The number of aryl methyl sites for hydroxylation is 1. The third-order valence-electron chi connectivity index (χ3n) is 7.03. The van der Waals surface area contributed by atoms with Crippen LogP contribution in [0, 0.1) is 11.8 Å². The topological polar surface area (TPSA) is 130 Å². The van der Waals surface area contributed by atoms with E-state index in [1.54, 1.807) is 7.05 Å². The van der Waals surface area contributed by atoms with E-state index in [0.717, 1.165) is 38.3 Å². The number of likely N-dealkylation sites (tertiary alicyclic amines) is 1. The van der Waals surface area contributed by atoms with Gasteiger partial charge in [-0.15, -0.1) is 0 Å². The molecule has 0 radical (unpaired) electrons. The second-order valence-corrected chi connectivity index (χ2v) is 11.2. The number of pyridine rings is 1. The van der Waals surface area contributed by atoms with E-state index in [2.05, 4.69) is 25.8 Å². The summed E-state index contributed by atoms with van der Waals surface area (Å²) < 4.78 is 36.1. The summed E-state index contributed by atoms with van der Waals surface area (Å²) >= 11 is 0. The van der Waals surface area contributed by atoms with Crippen molar-refractivity contribution in [1.82, 2.24) is 24.4 Å². The molecule has 3 aliphatic rings. The summed E-state index contributed by atoms with van der Waals surface area (Å²) in [5.74, 6) is 1.49. The summed E-state index contributed by atoms with van der Waals surface area (Å²) in [6.45, 7) is 2.81. The van der Waals surface area contributed by atoms with Gasteiger partial charge in [0.25, 0.3) is 6.47 Å². The van der Waals surface area contributed by atoms with Crippen LogP contribution in [0.15, 0.2) is 35.6 Å². The molecular formula is C22H32N6O5S. The molecule has 34 heavy (non-hydrogen) atoms. The molecule has 5 rings (SSSR count). The minimum absolute atomic E-state index is 0.133. The van der Waals surface area contributed by atoms with Gasteiger partial charge < -0.3 is 14.7 Å². The first-order valence-electron chi connectivity index (χ1n) is 11.3. The monoisotopic (exact) mass is 492 g/mol. The quantitative estimate of drug-likeness (QED) is 0.532. The van der Waals surface area contributed by atoms with Crippen LogP contribution in [0.25, 0.3) is 0 Å². The average molecular weight is 493 g/mol. The van der Waals surface area contributed by atoms with Crippen LogP contribution < -0.4 is 9.62 Å². The van der Waals surface area contributed by atoms with Gasteiger partial charge >= 0.3 is 0 Å². The number of hydrogen-bond acceptors (Lipinski definition) is 8. The zero-order valence-corrected chi connectivity index (χ0v) is 20.5. The van der Waals surface area contributed by atoms with E-state index in [1.807, 2.05) is 31.3 Å². The zero-order valence-electron chi connectivity index (χ0n) is 19.7. The first-order chi connectivity index (χ1) is 16.2. The van der Waals surface area contributed by atoms with Gasteiger partial charge in [0, 0.05) is 71.6 Å². The van der Waals surface area contributed by atoms with Crippen LogP contribution in [0.2, 0.25) is 0 Å². The van der Waals surface area contributed by atoms with Crippen LogP contribution >= 0.6 is 0 Å². The Balaban J connectivity index is 0.000000868. The Bertz CT molecular complexity index is 1110. The lowest BCUT2D eigenvalue weighted by molar-refractivity contribution is -0.122. The SMILES string of the molecule is CN(C)c1ccc(CN2C[C@@H]3[C@H](CNS(=O)(=O)c4cnn(C)c4)[C@H]4CC[C@]3(C2)O4)cn1.O=CO. The van der Waals surface area contributed by atoms with Gasteiger partial charge in [-0.05, 0) is 24.5 Å². The highest BCUT2D eigenvalue weighted by atomic mass is 32.2. The van der Waals surface area contributed by atoms with E-state index in [4.69, 9.17) is 14.6 Å². The van der Waals surface area contributed by atoms with E-state index < -0.39 is 10.0 Å². The molecule has 0 aromatic carbocycles. The lowest BCUT2D eigenvalue weighted by atomic mass is 9.74. The van der Waals surface area contributed by atoms with Crippen molar-refractivity contribution in [3.63, 3.8) is 0 Å². The Morgan fingerprint density at radius 1 is 1.35 bits per heavy atom. The second kappa shape index (κ2) is 9.61. The normalized spacial score (nSPS) is 27.8. The van der Waals surface area contributed by atoms with Crippen LogP contribution in [0.1, 0.15) is 18.4 Å². The maximum Gasteiger partial charge on any atom is 0.290 e. The number of carboxylic acid groups (broad SMARTS) is 1. The molecule has 12 heteroatoms. The Morgan fingerprint density at radius 3 is 2.74 bits per heavy atom. The molecule has 3 aliphatic heterocycles. The molecule has 3 saturated heterocycles. The second-order valence-electron chi connectivity index (χ2n) is 9.43. The molecule has 1 spiro atoms. The van der Waals surface area contributed by atoms with Crippen LogP contribution in [-0.2, 0) is 33.1 Å². The maximum atomic E-state index is 12.7. The maximum absolute atomic E-state index is 12.7. The predicted octanol–water partition coefficient (Wildman–Crippen LogP) is 0.540. The molecule has 3 fully saturated rings. The zero-order chi connectivity index (χ0) is 24.5. The van der Waals surface area contributed by atoms with Crippen LogP contribution in [0.3, 0.4) is 0 Å². The number of rotatable bonds is 7. The van der Waals surface area contributed by atoms with Crippen molar-refractivity contribution in [2.24, 2.45) is 18.9 Å². The van der Waals surface area contributed by atoms with E-state index in [-0.39, 0.29) is 29.0 Å². The number of hydrogen-bond donors (Lipinski definition) is 2. The summed E-state index contributed by atoms with van der Waals surface area (Å²) in [5.41, 5.74) is 1.05. The Hall–Kier alpha value is -2.54. The number of sulfonamides is 1. The minimum Gasteiger partial charge on any atom is -0.483 e. The molecular weight excluding hydrogens is 460 g/mol. The average Bonchev–Trinajstić information content (AvgIpc) is 3.54. The lowest BCUT2D eigenvalue weighted by Gasteiger charge is -2.29. The predicted molar refractivity (Wildman–Crippen MR) is 125 cm³/mol. The first kappa shape index (κ1) is 24.6. The summed E-state index contributed by atoms with van der Waals surface area (Å²) in [7, 11) is 2.12. The molecule has 2 N–H and O–H groups in total. The van der Waals surface area contributed by atoms with E-state index in [0.29, 0.717) is 12.5 Å². The number of nitrogens with one attached hydrogen (secondary N) is 1. The molecule has 5 heterocycles. The highest BCUT2D eigenvalue weighted by Gasteiger charge is 2.62. The van der Waals surface area contributed by atoms with Crippen LogP contribution in [-0.4, -0.2) is 85.1 Å². The number of carbonyl (C=O) groups is 1. The Kier molecular flexibility index (Phi) is 6.94. The number of fused-ring (bicyclic) bond motifs is 1. The molecule has 2 bridgehead atoms. The van der Waals surface area contributed by atoms with Gasteiger partial charge in [-0.2, -0.15) is 5.10 Å². The van der Waals surface area contributed by atoms with E-state index in [1.165, 1.54) is 22.6 Å². The number of aromatic nitrogens is 3. The molecule has 186 valence electrons. The fourth-order valence-electron chi connectivity index (χ4n) is 5.54. The Morgan fingerprint density at radius 2 is 2.12 bits per heavy atom. The Labute approximate surface area is 199 Å². The standard InChI is InChI=1S/C21H30N6O3S.CH2O2/c1-25(2)20-5-4-15(8-22-20)11-27-13-18-17(19-6-7-21(18,14-27)30-19)10-24-31(28,29)16-9-23-26(3)12-16;2-1-3/h4-5,8-9,12,17-19,24H,6-7,10-11,13-14H2,1-3H3;1H,(H,2,3)/t17-,18+,19+,21+;/m0./s1. The van der Waals surface area contributed by atoms with Gasteiger partial charge in [-0.25, -0.2) is 18.1 Å². The van der Waals surface area contributed by atoms with Crippen molar-refractivity contribution in [3.05, 3.63) is 36.3 Å². The van der Waals surface area contributed by atoms with Gasteiger partial charge in [0.05, 0.1) is 17.9 Å². The van der Waals surface area contributed by atoms with Crippen molar-refractivity contribution < 1.29 is 23.1 Å². The van der Waals surface area contributed by atoms with Gasteiger partial charge in [0.2, 0.25) is 10.0 Å². The molecule has 2 aromatic heterocycles. The summed E-state index contributed by atoms with van der Waals surface area (Å²) in [4.78, 5) is 17.5. The largest absolute Gasteiger partial charge is 0.483 e. The highest BCUT2D eigenvalue weighted by molar-refractivity contribution is 7.89. The van der Waals surface area contributed by atoms with Gasteiger partial charge in [0.15, 0.2) is 0 Å². The summed E-state index contributed by atoms with van der Waals surface area (Å²) in [5, 5.41) is 10.9. The van der Waals surface area contributed by atoms with Crippen molar-refractivity contribution in [2.45, 2.75) is 36.0 Å². The fourth-order valence-corrected chi connectivity index (χ4v) is 6.60. The third-order valence-corrected chi connectivity index (χ3v) is 8.41. The summed E-state index contributed by atoms with van der Waals surface area (Å²) in [6.07, 6.45) is 7.05. The minimum atomic E-state index is -3.56. The number of ether oxygens (including phenoxy) is 1. The van der Waals surface area contributed by atoms with Crippen LogP contribution in [0.5, 0.6) is 0 Å². The van der Waals surface area contributed by atoms with Crippen molar-refractivity contribution in [2.75, 3.05) is 38.6 Å². The third kappa shape index (κ3) is 4.81. The van der Waals surface area contributed by atoms with Gasteiger partial charge in [0.1, 0.15) is 10.7 Å².